The molecule has 8 heteroatoms. The number of ether oxygens (including phenoxy) is 1. The highest BCUT2D eigenvalue weighted by atomic mass is 32.1. The van der Waals surface area contributed by atoms with Crippen LogP contribution in [0.4, 0.5) is 4.39 Å². The Labute approximate surface area is 196 Å². The minimum Gasteiger partial charge on any atom is -0.497 e. The fourth-order valence-electron chi connectivity index (χ4n) is 4.41. The fraction of sp³-hybridized carbons (Fsp3) is 0.400. The molecule has 3 atom stereocenters. The Morgan fingerprint density at radius 2 is 2.24 bits per heavy atom. The van der Waals surface area contributed by atoms with E-state index in [9.17, 15) is 9.90 Å². The largest absolute Gasteiger partial charge is 0.497 e. The SMILES string of the molecule is COc1ccc2nccc(C(F)CC[C@@H]3CCN(CC#Cc4nccs4)C[C@@H]3C(=O)O)c2c1. The molecular formula is C25H26FN3O3S. The maximum absolute atomic E-state index is 15.3. The van der Waals surface area contributed by atoms with E-state index in [1.807, 2.05) is 11.4 Å². The standard InChI is InChI=1S/C25H26FN3O3S/c1-32-18-5-7-23-20(15-18)19(8-10-27-23)22(26)6-4-17-9-13-29(16-21(17)25(30)31)12-2-3-24-28-11-14-33-24/h5,7-8,10-11,14-15,17,21-22H,4,6,9,12-13,16H2,1H3,(H,30,31)/t17-,21+,22?/m1/s1. The van der Waals surface area contributed by atoms with Gasteiger partial charge in [-0.05, 0) is 67.5 Å². The molecule has 0 amide bonds. The molecule has 0 radical (unpaired) electrons. The third-order valence-electron chi connectivity index (χ3n) is 6.20. The molecule has 1 fully saturated rings. The molecule has 4 rings (SSSR count). The highest BCUT2D eigenvalue weighted by molar-refractivity contribution is 7.10. The van der Waals surface area contributed by atoms with Gasteiger partial charge >= 0.3 is 5.97 Å². The molecule has 33 heavy (non-hydrogen) atoms. The Hall–Kier alpha value is -3.02. The van der Waals surface area contributed by atoms with Crippen LogP contribution in [0.5, 0.6) is 5.75 Å². The van der Waals surface area contributed by atoms with Crippen molar-refractivity contribution in [2.45, 2.75) is 25.4 Å². The van der Waals surface area contributed by atoms with Gasteiger partial charge < -0.3 is 9.84 Å². The Kier molecular flexibility index (Phi) is 7.53. The number of benzene rings is 1. The summed E-state index contributed by atoms with van der Waals surface area (Å²) in [6.07, 6.45) is 3.64. The second-order valence-corrected chi connectivity index (χ2v) is 9.09. The third-order valence-corrected chi connectivity index (χ3v) is 6.89. The number of hydrogen-bond acceptors (Lipinski definition) is 6. The average Bonchev–Trinajstić information content (AvgIpc) is 3.35. The first-order chi connectivity index (χ1) is 16.0. The summed E-state index contributed by atoms with van der Waals surface area (Å²) in [5.74, 6) is 5.33. The molecular weight excluding hydrogens is 441 g/mol. The molecule has 1 saturated heterocycles. The number of carboxylic acid groups (broad SMARTS) is 1. The molecule has 0 aliphatic carbocycles. The number of likely N-dealkylation sites (tertiary alicyclic amines) is 1. The van der Waals surface area contributed by atoms with Gasteiger partial charge in [-0.1, -0.05) is 5.92 Å². The van der Waals surface area contributed by atoms with Crippen molar-refractivity contribution < 1.29 is 19.0 Å². The maximum atomic E-state index is 15.3. The Morgan fingerprint density at radius 3 is 3.00 bits per heavy atom. The Morgan fingerprint density at radius 1 is 1.36 bits per heavy atom. The van der Waals surface area contributed by atoms with E-state index in [-0.39, 0.29) is 12.3 Å². The summed E-state index contributed by atoms with van der Waals surface area (Å²) in [5.41, 5.74) is 1.28. The van der Waals surface area contributed by atoms with Gasteiger partial charge in [-0.3, -0.25) is 14.7 Å². The Balaban J connectivity index is 1.38. The number of fused-ring (bicyclic) bond motifs is 1. The number of pyridine rings is 1. The first-order valence-electron chi connectivity index (χ1n) is 11.0. The molecule has 2 aromatic heterocycles. The number of rotatable bonds is 7. The molecule has 0 bridgehead atoms. The summed E-state index contributed by atoms with van der Waals surface area (Å²) < 4.78 is 20.6. The molecule has 0 spiro atoms. The van der Waals surface area contributed by atoms with E-state index in [1.165, 1.54) is 11.3 Å². The first kappa shape index (κ1) is 23.1. The molecule has 1 aromatic carbocycles. The van der Waals surface area contributed by atoms with Gasteiger partial charge in [-0.15, -0.1) is 11.3 Å². The zero-order valence-corrected chi connectivity index (χ0v) is 19.2. The Bertz CT molecular complexity index is 1160. The van der Waals surface area contributed by atoms with Crippen molar-refractivity contribution in [1.29, 1.82) is 0 Å². The normalized spacial score (nSPS) is 19.6. The number of piperidine rings is 1. The molecule has 1 aliphatic rings. The van der Waals surface area contributed by atoms with Crippen LogP contribution in [0, 0.1) is 23.7 Å². The number of nitrogens with zero attached hydrogens (tertiary/aromatic N) is 3. The smallest absolute Gasteiger partial charge is 0.308 e. The highest BCUT2D eigenvalue weighted by Gasteiger charge is 2.34. The number of carboxylic acids is 1. The zero-order valence-electron chi connectivity index (χ0n) is 18.4. The van der Waals surface area contributed by atoms with Crippen molar-refractivity contribution >= 4 is 28.2 Å². The summed E-state index contributed by atoms with van der Waals surface area (Å²) in [5, 5.41) is 13.2. The summed E-state index contributed by atoms with van der Waals surface area (Å²) >= 11 is 1.48. The van der Waals surface area contributed by atoms with E-state index in [2.05, 4.69) is 26.7 Å². The van der Waals surface area contributed by atoms with Crippen LogP contribution >= 0.6 is 11.3 Å². The van der Waals surface area contributed by atoms with E-state index < -0.39 is 18.1 Å². The summed E-state index contributed by atoms with van der Waals surface area (Å²) in [4.78, 5) is 22.5. The predicted octanol–water partition coefficient (Wildman–Crippen LogP) is 4.57. The second-order valence-electron chi connectivity index (χ2n) is 8.20. The van der Waals surface area contributed by atoms with Crippen molar-refractivity contribution in [3.05, 3.63) is 52.6 Å². The van der Waals surface area contributed by atoms with Gasteiger partial charge in [0.15, 0.2) is 5.01 Å². The van der Waals surface area contributed by atoms with Crippen LogP contribution < -0.4 is 4.74 Å². The minimum atomic E-state index is -1.20. The summed E-state index contributed by atoms with van der Waals surface area (Å²) in [7, 11) is 1.58. The van der Waals surface area contributed by atoms with Crippen LogP contribution in [0.25, 0.3) is 10.9 Å². The van der Waals surface area contributed by atoms with Crippen LogP contribution in [-0.4, -0.2) is 52.7 Å². The number of halogens is 1. The molecule has 6 nitrogen and oxygen atoms in total. The fourth-order valence-corrected chi connectivity index (χ4v) is 4.92. The lowest BCUT2D eigenvalue weighted by Gasteiger charge is -2.35. The number of aliphatic carboxylic acids is 1. The maximum Gasteiger partial charge on any atom is 0.308 e. The zero-order chi connectivity index (χ0) is 23.2. The van der Waals surface area contributed by atoms with Gasteiger partial charge in [0.2, 0.25) is 0 Å². The lowest BCUT2D eigenvalue weighted by molar-refractivity contribution is -0.146. The number of carbonyl (C=O) groups is 1. The van der Waals surface area contributed by atoms with Crippen molar-refractivity contribution in [3.8, 4) is 17.6 Å². The van der Waals surface area contributed by atoms with Crippen LogP contribution in [0.15, 0.2) is 42.0 Å². The van der Waals surface area contributed by atoms with Gasteiger partial charge in [0.25, 0.3) is 0 Å². The number of methoxy groups -OCH3 is 1. The number of aromatic nitrogens is 2. The van der Waals surface area contributed by atoms with Crippen molar-refractivity contribution in [2.75, 3.05) is 26.7 Å². The van der Waals surface area contributed by atoms with Crippen LogP contribution in [0.1, 0.15) is 36.0 Å². The average molecular weight is 468 g/mol. The van der Waals surface area contributed by atoms with E-state index in [1.54, 1.807) is 37.7 Å². The lowest BCUT2D eigenvalue weighted by atomic mass is 9.81. The van der Waals surface area contributed by atoms with Crippen molar-refractivity contribution in [3.63, 3.8) is 0 Å². The van der Waals surface area contributed by atoms with Gasteiger partial charge in [-0.2, -0.15) is 0 Å². The van der Waals surface area contributed by atoms with Gasteiger partial charge in [0.1, 0.15) is 11.9 Å². The van der Waals surface area contributed by atoms with E-state index in [0.717, 1.165) is 16.9 Å². The molecule has 1 aliphatic heterocycles. The molecule has 1 N–H and O–H groups in total. The minimum absolute atomic E-state index is 0.0634. The monoisotopic (exact) mass is 467 g/mol. The predicted molar refractivity (Wildman–Crippen MR) is 126 cm³/mol. The highest BCUT2D eigenvalue weighted by Crippen LogP contribution is 2.35. The van der Waals surface area contributed by atoms with Crippen LogP contribution in [0.3, 0.4) is 0 Å². The molecule has 3 aromatic rings. The van der Waals surface area contributed by atoms with Crippen LogP contribution in [0.2, 0.25) is 0 Å². The summed E-state index contributed by atoms with van der Waals surface area (Å²) in [6.45, 7) is 1.69. The lowest BCUT2D eigenvalue weighted by Crippen LogP contribution is -2.44. The van der Waals surface area contributed by atoms with Gasteiger partial charge in [0.05, 0.1) is 25.1 Å². The molecule has 0 saturated carbocycles. The molecule has 3 heterocycles. The molecule has 172 valence electrons. The third kappa shape index (κ3) is 5.67. The second kappa shape index (κ2) is 10.7. The summed E-state index contributed by atoms with van der Waals surface area (Å²) in [6, 6.07) is 7.12. The van der Waals surface area contributed by atoms with Crippen LogP contribution in [-0.2, 0) is 4.79 Å². The van der Waals surface area contributed by atoms with Crippen molar-refractivity contribution in [2.24, 2.45) is 11.8 Å². The number of hydrogen-bond donors (Lipinski definition) is 1. The van der Waals surface area contributed by atoms with Gasteiger partial charge in [0, 0.05) is 29.7 Å². The molecule has 1 unspecified atom stereocenters. The van der Waals surface area contributed by atoms with E-state index >= 15 is 4.39 Å². The topological polar surface area (TPSA) is 75.5 Å². The first-order valence-corrected chi connectivity index (χ1v) is 11.8. The van der Waals surface area contributed by atoms with Crippen molar-refractivity contribution in [1.82, 2.24) is 14.9 Å². The number of alkyl halides is 1. The van der Waals surface area contributed by atoms with Gasteiger partial charge in [-0.25, -0.2) is 9.37 Å². The number of thiazole rings is 1. The van der Waals surface area contributed by atoms with E-state index in [0.29, 0.717) is 42.8 Å². The quantitative estimate of drug-likeness (QED) is 0.513. The van der Waals surface area contributed by atoms with E-state index in [4.69, 9.17) is 4.74 Å².